The minimum absolute atomic E-state index is 0.114. The molecule has 0 unspecified atom stereocenters. The lowest BCUT2D eigenvalue weighted by Gasteiger charge is -2.22. The van der Waals surface area contributed by atoms with Crippen molar-refractivity contribution in [3.8, 4) is 0 Å². The van der Waals surface area contributed by atoms with Gasteiger partial charge in [0.25, 0.3) is 20.2 Å². The monoisotopic (exact) mass is 430 g/mol. The minimum Gasteiger partial charge on any atom is -0.462 e. The van der Waals surface area contributed by atoms with Crippen molar-refractivity contribution in [1.29, 1.82) is 0 Å². The molecule has 1 aliphatic rings. The average Bonchev–Trinajstić information content (AvgIpc) is 3.16. The number of ether oxygens (including phenoxy) is 2. The number of rotatable bonds is 10. The van der Waals surface area contributed by atoms with Crippen LogP contribution in [0.5, 0.6) is 0 Å². The second-order valence-electron chi connectivity index (χ2n) is 7.02. The maximum atomic E-state index is 12.6. The normalized spacial score (nSPS) is 20.4. The van der Waals surface area contributed by atoms with Gasteiger partial charge in [-0.15, -0.1) is 0 Å². The lowest BCUT2D eigenvalue weighted by molar-refractivity contribution is -0.170. The maximum Gasteiger partial charge on any atom is 0.324 e. The first-order chi connectivity index (χ1) is 12.1. The second-order valence-corrected chi connectivity index (χ2v) is 10.3. The van der Waals surface area contributed by atoms with E-state index in [-0.39, 0.29) is 6.42 Å². The molecule has 0 aromatic rings. The molecule has 1 saturated carbocycles. The molecule has 27 heavy (non-hydrogen) atoms. The van der Waals surface area contributed by atoms with Gasteiger partial charge in [-0.25, -0.2) is 0 Å². The fraction of sp³-hybridized carbons (Fsp3) is 0.867. The van der Waals surface area contributed by atoms with E-state index in [1.807, 2.05) is 0 Å². The summed E-state index contributed by atoms with van der Waals surface area (Å²) in [4.78, 5) is 25.1. The van der Waals surface area contributed by atoms with Gasteiger partial charge in [0.2, 0.25) is 0 Å². The third kappa shape index (κ3) is 7.01. The molecule has 158 valence electrons. The number of hydrogen-bond donors (Lipinski definition) is 0. The first-order valence-electron chi connectivity index (χ1n) is 8.23. The van der Waals surface area contributed by atoms with E-state index >= 15 is 0 Å². The molecule has 0 spiro atoms. The van der Waals surface area contributed by atoms with Crippen molar-refractivity contribution in [3.63, 3.8) is 0 Å². The Morgan fingerprint density at radius 2 is 1.37 bits per heavy atom. The molecular formula is C15H26O10S2. The average molecular weight is 430 g/mol. The molecule has 0 saturated heterocycles. The molecule has 0 N–H and O–H groups in total. The highest BCUT2D eigenvalue weighted by Crippen LogP contribution is 2.57. The molecule has 1 fully saturated rings. The van der Waals surface area contributed by atoms with Crippen LogP contribution in [0.25, 0.3) is 0 Å². The van der Waals surface area contributed by atoms with Gasteiger partial charge < -0.3 is 9.47 Å². The lowest BCUT2D eigenvalue weighted by atomic mass is 10.0. The Balaban J connectivity index is 3.18. The largest absolute Gasteiger partial charge is 0.462 e. The zero-order valence-corrected chi connectivity index (χ0v) is 17.8. The van der Waals surface area contributed by atoms with Crippen LogP contribution in [0.1, 0.15) is 34.1 Å². The Bertz CT molecular complexity index is 744. The Hall–Kier alpha value is -1.24. The van der Waals surface area contributed by atoms with E-state index in [1.54, 1.807) is 27.7 Å². The summed E-state index contributed by atoms with van der Waals surface area (Å²) in [6.45, 7) is 5.69. The summed E-state index contributed by atoms with van der Waals surface area (Å²) in [5, 5.41) is 0. The van der Waals surface area contributed by atoms with Gasteiger partial charge in [-0.3, -0.25) is 18.0 Å². The van der Waals surface area contributed by atoms with Gasteiger partial charge in [0, 0.05) is 5.92 Å². The van der Waals surface area contributed by atoms with E-state index in [2.05, 4.69) is 4.18 Å². The highest BCUT2D eigenvalue weighted by molar-refractivity contribution is 7.86. The van der Waals surface area contributed by atoms with Crippen molar-refractivity contribution in [2.24, 2.45) is 11.3 Å². The fourth-order valence-electron chi connectivity index (χ4n) is 2.55. The summed E-state index contributed by atoms with van der Waals surface area (Å²) in [6.07, 6.45) is -0.993. The second kappa shape index (κ2) is 8.41. The van der Waals surface area contributed by atoms with Crippen LogP contribution >= 0.6 is 0 Å². The molecule has 0 radical (unpaired) electrons. The molecule has 0 aromatic carbocycles. The smallest absolute Gasteiger partial charge is 0.324 e. The van der Waals surface area contributed by atoms with E-state index in [0.717, 1.165) is 12.5 Å². The Labute approximate surface area is 159 Å². The van der Waals surface area contributed by atoms with E-state index in [1.165, 1.54) is 0 Å². The SMILES string of the molecule is CC(C)OC(=O)C1(C(=O)OC(C)C)C[C@H]1[C@@H](COS(C)(=O)=O)OS(C)(=O)=O. The van der Waals surface area contributed by atoms with Gasteiger partial charge in [0.15, 0.2) is 5.41 Å². The molecule has 12 heteroatoms. The van der Waals surface area contributed by atoms with Crippen molar-refractivity contribution in [1.82, 2.24) is 0 Å². The molecular weight excluding hydrogens is 404 g/mol. The van der Waals surface area contributed by atoms with E-state index in [9.17, 15) is 26.4 Å². The van der Waals surface area contributed by atoms with Gasteiger partial charge >= 0.3 is 11.9 Å². The molecule has 1 rings (SSSR count). The van der Waals surface area contributed by atoms with E-state index < -0.39 is 68.4 Å². The van der Waals surface area contributed by atoms with Crippen LogP contribution in [0.4, 0.5) is 0 Å². The minimum atomic E-state index is -4.02. The van der Waals surface area contributed by atoms with E-state index in [0.29, 0.717) is 0 Å². The standard InChI is InChI=1S/C15H26O10S2/c1-9(2)23-13(16)15(14(17)24-10(3)4)7-11(15)12(25-27(6,20)21)8-22-26(5,18)19/h9-12H,7-8H2,1-6H3/t11-,12+/m0/s1. The van der Waals surface area contributed by atoms with Crippen LogP contribution < -0.4 is 0 Å². The summed E-state index contributed by atoms with van der Waals surface area (Å²) in [6, 6.07) is 0. The van der Waals surface area contributed by atoms with Crippen molar-refractivity contribution in [2.75, 3.05) is 19.1 Å². The van der Waals surface area contributed by atoms with Gasteiger partial charge in [-0.2, -0.15) is 16.8 Å². The van der Waals surface area contributed by atoms with Gasteiger partial charge in [0.05, 0.1) is 31.3 Å². The van der Waals surface area contributed by atoms with Crippen LogP contribution in [-0.4, -0.2) is 66.2 Å². The quantitative estimate of drug-likeness (QED) is 0.268. The fourth-order valence-corrected chi connectivity index (χ4v) is 3.57. The van der Waals surface area contributed by atoms with Crippen LogP contribution in [0.15, 0.2) is 0 Å². The van der Waals surface area contributed by atoms with Crippen molar-refractivity contribution in [3.05, 3.63) is 0 Å². The predicted molar refractivity (Wildman–Crippen MR) is 93.5 cm³/mol. The summed E-state index contributed by atoms with van der Waals surface area (Å²) in [5.74, 6) is -2.74. The highest BCUT2D eigenvalue weighted by Gasteiger charge is 2.71. The zero-order chi connectivity index (χ0) is 21.2. The number of hydrogen-bond acceptors (Lipinski definition) is 10. The molecule has 2 atom stereocenters. The zero-order valence-electron chi connectivity index (χ0n) is 16.1. The van der Waals surface area contributed by atoms with Gasteiger partial charge in [-0.1, -0.05) is 0 Å². The van der Waals surface area contributed by atoms with Gasteiger partial charge in [0.1, 0.15) is 6.10 Å². The van der Waals surface area contributed by atoms with E-state index in [4.69, 9.17) is 13.7 Å². The number of carbonyl (C=O) groups excluding carboxylic acids is 2. The van der Waals surface area contributed by atoms with Crippen LogP contribution in [-0.2, 0) is 47.7 Å². The lowest BCUT2D eigenvalue weighted by Crippen LogP contribution is -2.38. The summed E-state index contributed by atoms with van der Waals surface area (Å²) in [7, 11) is -7.93. The molecule has 10 nitrogen and oxygen atoms in total. The molecule has 0 bridgehead atoms. The van der Waals surface area contributed by atoms with Crippen molar-refractivity contribution >= 4 is 32.2 Å². The molecule has 0 aliphatic heterocycles. The third-order valence-corrected chi connectivity index (χ3v) is 4.78. The maximum absolute atomic E-state index is 12.6. The number of esters is 2. The van der Waals surface area contributed by atoms with Crippen molar-refractivity contribution in [2.45, 2.75) is 52.4 Å². The topological polar surface area (TPSA) is 139 Å². The molecule has 0 aromatic heterocycles. The third-order valence-electron chi connectivity index (χ3n) is 3.62. The Kier molecular flexibility index (Phi) is 7.42. The molecule has 0 amide bonds. The van der Waals surface area contributed by atoms with Gasteiger partial charge in [-0.05, 0) is 34.1 Å². The molecule has 0 heterocycles. The summed E-state index contributed by atoms with van der Waals surface area (Å²) >= 11 is 0. The van der Waals surface area contributed by atoms with Crippen LogP contribution in [0.3, 0.4) is 0 Å². The van der Waals surface area contributed by atoms with Crippen LogP contribution in [0, 0.1) is 11.3 Å². The van der Waals surface area contributed by atoms with Crippen LogP contribution in [0.2, 0.25) is 0 Å². The van der Waals surface area contributed by atoms with Crippen molar-refractivity contribution < 1.29 is 44.3 Å². The first-order valence-corrected chi connectivity index (χ1v) is 11.9. The Morgan fingerprint density at radius 1 is 0.926 bits per heavy atom. The molecule has 1 aliphatic carbocycles. The summed E-state index contributed by atoms with van der Waals surface area (Å²) < 4.78 is 65.4. The number of carbonyl (C=O) groups is 2. The predicted octanol–water partition coefficient (Wildman–Crippen LogP) is 0.217. The summed E-state index contributed by atoms with van der Waals surface area (Å²) in [5.41, 5.74) is -1.77. The Morgan fingerprint density at radius 3 is 1.70 bits per heavy atom. The highest BCUT2D eigenvalue weighted by atomic mass is 32.2. The first kappa shape index (κ1) is 23.8.